The Hall–Kier alpha value is -0.380. The van der Waals surface area contributed by atoms with E-state index in [2.05, 4.69) is 23.7 Å². The highest BCUT2D eigenvalue weighted by atomic mass is 32.2. The molecule has 4 heteroatoms. The van der Waals surface area contributed by atoms with Gasteiger partial charge in [-0.2, -0.15) is 11.8 Å². The molecule has 2 rings (SSSR count). The average Bonchev–Trinajstić information content (AvgIpc) is 2.92. The normalized spacial score (nSPS) is 23.7. The molecule has 1 saturated carbocycles. The summed E-state index contributed by atoms with van der Waals surface area (Å²) < 4.78 is 0. The molecule has 18 heavy (non-hydrogen) atoms. The first-order valence-electron chi connectivity index (χ1n) is 7.22. The van der Waals surface area contributed by atoms with E-state index in [1.54, 1.807) is 0 Å². The van der Waals surface area contributed by atoms with E-state index in [1.807, 2.05) is 11.8 Å². The van der Waals surface area contributed by atoms with Crippen LogP contribution in [0, 0.1) is 11.3 Å². The molecule has 1 aliphatic carbocycles. The minimum absolute atomic E-state index is 0.311. The number of thioether (sulfide) groups is 1. The third-order valence-corrected chi connectivity index (χ3v) is 5.39. The minimum Gasteiger partial charge on any atom is -0.370 e. The maximum absolute atomic E-state index is 6.12. The van der Waals surface area contributed by atoms with E-state index in [-0.39, 0.29) is 0 Å². The lowest BCUT2D eigenvalue weighted by Gasteiger charge is -2.32. The van der Waals surface area contributed by atoms with E-state index in [1.165, 1.54) is 37.2 Å². The predicted molar refractivity (Wildman–Crippen MR) is 81.1 cm³/mol. The second-order valence-electron chi connectivity index (χ2n) is 6.24. The van der Waals surface area contributed by atoms with E-state index in [9.17, 15) is 0 Å². The molecule has 2 fully saturated rings. The van der Waals surface area contributed by atoms with Crippen LogP contribution in [0.1, 0.15) is 39.5 Å². The van der Waals surface area contributed by atoms with E-state index < -0.39 is 0 Å². The van der Waals surface area contributed by atoms with E-state index in [0.29, 0.717) is 5.41 Å². The van der Waals surface area contributed by atoms with Crippen molar-refractivity contribution in [2.75, 3.05) is 31.1 Å². The van der Waals surface area contributed by atoms with Crippen LogP contribution < -0.4 is 5.73 Å². The molecule has 3 nitrogen and oxygen atoms in total. The van der Waals surface area contributed by atoms with Gasteiger partial charge in [0.15, 0.2) is 5.96 Å². The molecular formula is C14H27N3S. The van der Waals surface area contributed by atoms with Gasteiger partial charge in [-0.1, -0.05) is 26.7 Å². The quantitative estimate of drug-likeness (QED) is 0.632. The molecule has 104 valence electrons. The molecule has 0 aromatic carbocycles. The Morgan fingerprint density at radius 3 is 2.50 bits per heavy atom. The van der Waals surface area contributed by atoms with Crippen molar-refractivity contribution in [1.82, 2.24) is 4.90 Å². The first-order valence-corrected chi connectivity index (χ1v) is 8.38. The highest BCUT2D eigenvalue weighted by Crippen LogP contribution is 2.39. The summed E-state index contributed by atoms with van der Waals surface area (Å²) in [6.45, 7) is 7.71. The predicted octanol–water partition coefficient (Wildman–Crippen LogP) is 2.57. The molecule has 2 aliphatic rings. The molecule has 0 radical (unpaired) electrons. The number of rotatable bonds is 3. The zero-order valence-corrected chi connectivity index (χ0v) is 12.6. The molecule has 0 spiro atoms. The second-order valence-corrected chi connectivity index (χ2v) is 7.47. The monoisotopic (exact) mass is 269 g/mol. The van der Waals surface area contributed by atoms with Gasteiger partial charge in [0.2, 0.25) is 0 Å². The maximum Gasteiger partial charge on any atom is 0.191 e. The van der Waals surface area contributed by atoms with Crippen LogP contribution in [0.5, 0.6) is 0 Å². The molecule has 1 aliphatic heterocycles. The summed E-state index contributed by atoms with van der Waals surface area (Å²) in [6, 6.07) is 0. The Balaban J connectivity index is 1.87. The minimum atomic E-state index is 0.311. The summed E-state index contributed by atoms with van der Waals surface area (Å²) in [4.78, 5) is 6.91. The van der Waals surface area contributed by atoms with Crippen molar-refractivity contribution in [2.45, 2.75) is 39.5 Å². The van der Waals surface area contributed by atoms with Crippen LogP contribution in [0.25, 0.3) is 0 Å². The van der Waals surface area contributed by atoms with Gasteiger partial charge in [-0.05, 0) is 24.2 Å². The number of aliphatic imine (C=N–C) groups is 1. The average molecular weight is 269 g/mol. The zero-order chi connectivity index (χ0) is 13.0. The fourth-order valence-electron chi connectivity index (χ4n) is 3.01. The molecule has 1 saturated heterocycles. The number of hydrogen-bond donors (Lipinski definition) is 1. The summed E-state index contributed by atoms with van der Waals surface area (Å²) in [5, 5.41) is 0. The van der Waals surface area contributed by atoms with Crippen molar-refractivity contribution in [2.24, 2.45) is 22.1 Å². The van der Waals surface area contributed by atoms with Crippen LogP contribution in [0.4, 0.5) is 0 Å². The van der Waals surface area contributed by atoms with E-state index in [0.717, 1.165) is 31.5 Å². The van der Waals surface area contributed by atoms with Crippen molar-refractivity contribution in [3.8, 4) is 0 Å². The molecule has 0 aromatic rings. The summed E-state index contributed by atoms with van der Waals surface area (Å²) in [6.07, 6.45) is 5.55. The smallest absolute Gasteiger partial charge is 0.191 e. The lowest BCUT2D eigenvalue weighted by molar-refractivity contribution is 0.227. The molecule has 0 bridgehead atoms. The molecule has 1 heterocycles. The molecule has 0 amide bonds. The van der Waals surface area contributed by atoms with Crippen molar-refractivity contribution >= 4 is 17.7 Å². The second kappa shape index (κ2) is 6.18. The van der Waals surface area contributed by atoms with E-state index >= 15 is 0 Å². The highest BCUT2D eigenvalue weighted by Gasteiger charge is 2.31. The number of nitrogens with two attached hydrogens (primary N) is 1. The van der Waals surface area contributed by atoms with Gasteiger partial charge in [0.05, 0.1) is 0 Å². The Kier molecular flexibility index (Phi) is 4.82. The van der Waals surface area contributed by atoms with Gasteiger partial charge in [0.1, 0.15) is 0 Å². The number of guanidine groups is 1. The van der Waals surface area contributed by atoms with Gasteiger partial charge < -0.3 is 10.6 Å². The fourth-order valence-corrected chi connectivity index (χ4v) is 3.92. The van der Waals surface area contributed by atoms with Gasteiger partial charge in [0.25, 0.3) is 0 Å². The topological polar surface area (TPSA) is 41.6 Å². The molecular weight excluding hydrogens is 242 g/mol. The standard InChI is InChI=1S/C14H27N3S/c1-14(2,12-5-3-4-6-12)11-16-13(15)17-7-9-18-10-8-17/h12H,3-11H2,1-2H3,(H2,15,16). The largest absolute Gasteiger partial charge is 0.370 e. The van der Waals surface area contributed by atoms with Crippen molar-refractivity contribution in [3.63, 3.8) is 0 Å². The SMILES string of the molecule is CC(C)(CN=C(N)N1CCSCC1)C1CCCC1. The molecule has 0 aromatic heterocycles. The van der Waals surface area contributed by atoms with Crippen LogP contribution in [-0.4, -0.2) is 42.0 Å². The highest BCUT2D eigenvalue weighted by molar-refractivity contribution is 7.99. The number of hydrogen-bond acceptors (Lipinski definition) is 2. The van der Waals surface area contributed by atoms with Crippen LogP contribution in [0.3, 0.4) is 0 Å². The Bertz CT molecular complexity index is 289. The van der Waals surface area contributed by atoms with Crippen LogP contribution >= 0.6 is 11.8 Å². The van der Waals surface area contributed by atoms with Gasteiger partial charge in [-0.3, -0.25) is 4.99 Å². The van der Waals surface area contributed by atoms with Crippen molar-refractivity contribution < 1.29 is 0 Å². The van der Waals surface area contributed by atoms with Gasteiger partial charge in [-0.25, -0.2) is 0 Å². The molecule has 0 unspecified atom stereocenters. The fraction of sp³-hybridized carbons (Fsp3) is 0.929. The molecule has 0 atom stereocenters. The third kappa shape index (κ3) is 3.56. The van der Waals surface area contributed by atoms with Gasteiger partial charge in [-0.15, -0.1) is 0 Å². The lowest BCUT2D eigenvalue weighted by atomic mass is 9.78. The van der Waals surface area contributed by atoms with Crippen LogP contribution in [-0.2, 0) is 0 Å². The Morgan fingerprint density at radius 2 is 1.89 bits per heavy atom. The number of nitrogens with zero attached hydrogens (tertiary/aromatic N) is 2. The third-order valence-electron chi connectivity index (χ3n) is 4.44. The summed E-state index contributed by atoms with van der Waals surface area (Å²) >= 11 is 2.01. The summed E-state index contributed by atoms with van der Waals surface area (Å²) in [5.74, 6) is 3.97. The lowest BCUT2D eigenvalue weighted by Crippen LogP contribution is -2.43. The summed E-state index contributed by atoms with van der Waals surface area (Å²) in [7, 11) is 0. The van der Waals surface area contributed by atoms with Crippen LogP contribution in [0.15, 0.2) is 4.99 Å². The van der Waals surface area contributed by atoms with Gasteiger partial charge in [0, 0.05) is 31.1 Å². The van der Waals surface area contributed by atoms with Crippen molar-refractivity contribution in [3.05, 3.63) is 0 Å². The first kappa shape index (κ1) is 14.0. The molecule has 2 N–H and O–H groups in total. The van der Waals surface area contributed by atoms with Crippen molar-refractivity contribution in [1.29, 1.82) is 0 Å². The first-order chi connectivity index (χ1) is 8.59. The van der Waals surface area contributed by atoms with Crippen LogP contribution in [0.2, 0.25) is 0 Å². The zero-order valence-electron chi connectivity index (χ0n) is 11.8. The Labute approximate surface area is 116 Å². The van der Waals surface area contributed by atoms with Gasteiger partial charge >= 0.3 is 0 Å². The Morgan fingerprint density at radius 1 is 1.28 bits per heavy atom. The summed E-state index contributed by atoms with van der Waals surface area (Å²) in [5.41, 5.74) is 6.43. The van der Waals surface area contributed by atoms with E-state index in [4.69, 9.17) is 5.73 Å². The maximum atomic E-state index is 6.12.